The van der Waals surface area contributed by atoms with Crippen LogP contribution in [0.3, 0.4) is 0 Å². The first-order valence-corrected chi connectivity index (χ1v) is 11.0. The van der Waals surface area contributed by atoms with Crippen molar-refractivity contribution in [3.63, 3.8) is 0 Å². The van der Waals surface area contributed by atoms with E-state index in [1.165, 1.54) is 17.8 Å². The second kappa shape index (κ2) is 8.62. The molecule has 0 unspecified atom stereocenters. The number of hydrogen-bond donors (Lipinski definition) is 0. The van der Waals surface area contributed by atoms with Gasteiger partial charge in [-0.25, -0.2) is 9.37 Å². The molecule has 0 fully saturated rings. The van der Waals surface area contributed by atoms with Gasteiger partial charge in [0.05, 0.1) is 16.6 Å². The molecule has 30 heavy (non-hydrogen) atoms. The second-order valence-corrected chi connectivity index (χ2v) is 8.60. The SMILES string of the molecule is CC(C)c1ccccc1-n1c(SCc2c(F)cccc2Cl)nc2ccccc2c1=O. The predicted octanol–water partition coefficient (Wildman–Crippen LogP) is 6.59. The van der Waals surface area contributed by atoms with Gasteiger partial charge < -0.3 is 0 Å². The predicted molar refractivity (Wildman–Crippen MR) is 122 cm³/mol. The monoisotopic (exact) mass is 438 g/mol. The third-order valence-corrected chi connectivity index (χ3v) is 6.27. The molecule has 4 rings (SSSR count). The first-order chi connectivity index (χ1) is 14.5. The van der Waals surface area contributed by atoms with E-state index >= 15 is 0 Å². The Morgan fingerprint density at radius 3 is 2.53 bits per heavy atom. The molecule has 0 spiro atoms. The number of rotatable bonds is 5. The highest BCUT2D eigenvalue weighted by Gasteiger charge is 2.18. The van der Waals surface area contributed by atoms with Crippen LogP contribution in [0.2, 0.25) is 5.02 Å². The molecule has 6 heteroatoms. The molecular weight excluding hydrogens is 419 g/mol. The molecule has 0 aliphatic rings. The van der Waals surface area contributed by atoms with Gasteiger partial charge in [-0.05, 0) is 41.8 Å². The lowest BCUT2D eigenvalue weighted by atomic mass is 10.0. The molecule has 3 nitrogen and oxygen atoms in total. The van der Waals surface area contributed by atoms with Gasteiger partial charge in [0.15, 0.2) is 5.16 Å². The standard InChI is InChI=1S/C24H20ClFN2OS/c1-15(2)16-8-4-6-13-22(16)28-23(29)17-9-3-5-12-21(17)27-24(28)30-14-18-19(25)10-7-11-20(18)26/h3-13,15H,14H2,1-2H3. The van der Waals surface area contributed by atoms with Gasteiger partial charge in [-0.15, -0.1) is 0 Å². The van der Waals surface area contributed by atoms with Crippen molar-refractivity contribution in [2.24, 2.45) is 0 Å². The van der Waals surface area contributed by atoms with Crippen molar-refractivity contribution in [2.75, 3.05) is 0 Å². The molecule has 0 amide bonds. The van der Waals surface area contributed by atoms with Gasteiger partial charge in [-0.3, -0.25) is 9.36 Å². The van der Waals surface area contributed by atoms with E-state index in [0.717, 1.165) is 11.3 Å². The van der Waals surface area contributed by atoms with Crippen LogP contribution in [0.5, 0.6) is 0 Å². The first-order valence-electron chi connectivity index (χ1n) is 9.64. The van der Waals surface area contributed by atoms with Gasteiger partial charge >= 0.3 is 0 Å². The van der Waals surface area contributed by atoms with E-state index in [0.29, 0.717) is 26.6 Å². The fourth-order valence-corrected chi connectivity index (χ4v) is 4.76. The molecule has 0 N–H and O–H groups in total. The van der Waals surface area contributed by atoms with E-state index in [2.05, 4.69) is 13.8 Å². The molecule has 0 saturated heterocycles. The average molecular weight is 439 g/mol. The van der Waals surface area contributed by atoms with Crippen molar-refractivity contribution in [1.82, 2.24) is 9.55 Å². The number of thioether (sulfide) groups is 1. The molecule has 0 aliphatic carbocycles. The minimum atomic E-state index is -0.368. The Bertz CT molecular complexity index is 1270. The molecule has 4 aromatic rings. The Balaban J connectivity index is 1.91. The van der Waals surface area contributed by atoms with E-state index in [1.54, 1.807) is 22.8 Å². The maximum atomic E-state index is 14.3. The van der Waals surface area contributed by atoms with Crippen molar-refractivity contribution in [3.05, 3.63) is 99.1 Å². The number of halogens is 2. The smallest absolute Gasteiger partial charge is 0.266 e. The van der Waals surface area contributed by atoms with E-state index in [9.17, 15) is 9.18 Å². The van der Waals surface area contributed by atoms with Crippen LogP contribution in [0.4, 0.5) is 4.39 Å². The molecule has 0 aliphatic heterocycles. The Morgan fingerprint density at radius 2 is 1.77 bits per heavy atom. The topological polar surface area (TPSA) is 34.9 Å². The Kier molecular flexibility index (Phi) is 5.93. The van der Waals surface area contributed by atoms with Gasteiger partial charge in [0.1, 0.15) is 5.82 Å². The summed E-state index contributed by atoms with van der Waals surface area (Å²) in [7, 11) is 0. The number of nitrogens with zero attached hydrogens (tertiary/aromatic N) is 2. The van der Waals surface area contributed by atoms with Crippen molar-refractivity contribution in [3.8, 4) is 5.69 Å². The molecule has 0 radical (unpaired) electrons. The molecule has 152 valence electrons. The second-order valence-electron chi connectivity index (χ2n) is 7.25. The van der Waals surface area contributed by atoms with Crippen LogP contribution in [0, 0.1) is 5.82 Å². The fraction of sp³-hybridized carbons (Fsp3) is 0.167. The average Bonchev–Trinajstić information content (AvgIpc) is 2.73. The van der Waals surface area contributed by atoms with Crippen LogP contribution in [0.1, 0.15) is 30.9 Å². The van der Waals surface area contributed by atoms with Crippen LogP contribution < -0.4 is 5.56 Å². The highest BCUT2D eigenvalue weighted by Crippen LogP contribution is 2.31. The number of para-hydroxylation sites is 2. The van der Waals surface area contributed by atoms with E-state index < -0.39 is 0 Å². The van der Waals surface area contributed by atoms with E-state index in [1.807, 2.05) is 42.5 Å². The van der Waals surface area contributed by atoms with Crippen LogP contribution in [-0.4, -0.2) is 9.55 Å². The maximum Gasteiger partial charge on any atom is 0.266 e. The zero-order valence-electron chi connectivity index (χ0n) is 16.6. The number of hydrogen-bond acceptors (Lipinski definition) is 3. The fourth-order valence-electron chi connectivity index (χ4n) is 3.41. The maximum absolute atomic E-state index is 14.3. The van der Waals surface area contributed by atoms with Crippen molar-refractivity contribution in [2.45, 2.75) is 30.7 Å². The summed E-state index contributed by atoms with van der Waals surface area (Å²) in [6, 6.07) is 19.7. The minimum Gasteiger partial charge on any atom is -0.268 e. The third kappa shape index (κ3) is 3.87. The largest absolute Gasteiger partial charge is 0.268 e. The molecule has 1 heterocycles. The van der Waals surface area contributed by atoms with Crippen molar-refractivity contribution < 1.29 is 4.39 Å². The van der Waals surface area contributed by atoms with Crippen molar-refractivity contribution in [1.29, 1.82) is 0 Å². The lowest BCUT2D eigenvalue weighted by Gasteiger charge is -2.18. The zero-order valence-corrected chi connectivity index (χ0v) is 18.2. The third-order valence-electron chi connectivity index (χ3n) is 4.95. The summed E-state index contributed by atoms with van der Waals surface area (Å²) in [6.45, 7) is 4.18. The Morgan fingerprint density at radius 1 is 1.03 bits per heavy atom. The minimum absolute atomic E-state index is 0.143. The summed E-state index contributed by atoms with van der Waals surface area (Å²) in [4.78, 5) is 18.2. The quantitative estimate of drug-likeness (QED) is 0.260. The Labute approximate surface area is 183 Å². The number of benzene rings is 3. The highest BCUT2D eigenvalue weighted by atomic mass is 35.5. The van der Waals surface area contributed by atoms with Gasteiger partial charge in [-0.2, -0.15) is 0 Å². The van der Waals surface area contributed by atoms with E-state index in [-0.39, 0.29) is 23.0 Å². The summed E-state index contributed by atoms with van der Waals surface area (Å²) in [6.07, 6.45) is 0. The van der Waals surface area contributed by atoms with Crippen LogP contribution in [0.25, 0.3) is 16.6 Å². The summed E-state index contributed by atoms with van der Waals surface area (Å²) in [5.74, 6) is 0.117. The number of aromatic nitrogens is 2. The summed E-state index contributed by atoms with van der Waals surface area (Å²) >= 11 is 7.50. The normalized spacial score (nSPS) is 11.4. The molecule has 1 aromatic heterocycles. The van der Waals surface area contributed by atoms with Gasteiger partial charge in [0.25, 0.3) is 5.56 Å². The highest BCUT2D eigenvalue weighted by molar-refractivity contribution is 7.98. The van der Waals surface area contributed by atoms with Gasteiger partial charge in [0, 0.05) is 16.3 Å². The van der Waals surface area contributed by atoms with Gasteiger partial charge in [-0.1, -0.05) is 73.6 Å². The summed E-state index contributed by atoms with van der Waals surface area (Å²) in [5.41, 5.74) is 2.70. The molecule has 3 aromatic carbocycles. The zero-order chi connectivity index (χ0) is 21.3. The van der Waals surface area contributed by atoms with Crippen LogP contribution >= 0.6 is 23.4 Å². The Hall–Kier alpha value is -2.63. The van der Waals surface area contributed by atoms with Crippen molar-refractivity contribution >= 4 is 34.3 Å². The summed E-state index contributed by atoms with van der Waals surface area (Å²) < 4.78 is 15.9. The molecule has 0 atom stereocenters. The lowest BCUT2D eigenvalue weighted by Crippen LogP contribution is -2.23. The molecule has 0 saturated carbocycles. The molecular formula is C24H20ClFN2OS. The van der Waals surface area contributed by atoms with Crippen LogP contribution in [-0.2, 0) is 5.75 Å². The van der Waals surface area contributed by atoms with Gasteiger partial charge in [0.2, 0.25) is 0 Å². The first kappa shape index (κ1) is 20.6. The molecule has 0 bridgehead atoms. The lowest BCUT2D eigenvalue weighted by molar-refractivity contribution is 0.617. The van der Waals surface area contributed by atoms with E-state index in [4.69, 9.17) is 16.6 Å². The van der Waals surface area contributed by atoms with Crippen LogP contribution in [0.15, 0.2) is 76.7 Å². The number of fused-ring (bicyclic) bond motifs is 1. The summed E-state index contributed by atoms with van der Waals surface area (Å²) in [5, 5.41) is 1.41.